The standard InChI is InChI=1S/C25H38N8O3/c1-6-21(34)27-17-7-8-20(26-13-17)29-23-18-14-33(25(2,3)22(18)30-31-23)24(35)28-19(15-32(4)5)16-9-11-36-12-10-16/h6-8,13,16,19,21,27,34H,1,9-12,14-15H2,2-5H3,(H,28,35)(H2,26,29,30,31)/t19-,21?/m1/s1. The lowest BCUT2D eigenvalue weighted by molar-refractivity contribution is 0.0489. The first-order valence-corrected chi connectivity index (χ1v) is 12.4. The molecule has 1 saturated heterocycles. The van der Waals surface area contributed by atoms with Crippen molar-refractivity contribution in [3.8, 4) is 0 Å². The minimum Gasteiger partial charge on any atom is -0.381 e. The first-order valence-electron chi connectivity index (χ1n) is 12.4. The summed E-state index contributed by atoms with van der Waals surface area (Å²) in [7, 11) is 4.07. The molecule has 2 atom stereocenters. The topological polar surface area (TPSA) is 131 Å². The highest BCUT2D eigenvalue weighted by molar-refractivity contribution is 5.77. The number of aliphatic hydroxyl groups excluding tert-OH is 1. The van der Waals surface area contributed by atoms with E-state index in [0.29, 0.717) is 29.8 Å². The fourth-order valence-corrected chi connectivity index (χ4v) is 4.91. The average Bonchev–Trinajstić information content (AvgIpc) is 3.37. The van der Waals surface area contributed by atoms with Gasteiger partial charge in [-0.05, 0) is 64.9 Å². The quantitative estimate of drug-likeness (QED) is 0.263. The Labute approximate surface area is 212 Å². The lowest BCUT2D eigenvalue weighted by Crippen LogP contribution is -2.54. The zero-order chi connectivity index (χ0) is 25.9. The Morgan fingerprint density at radius 2 is 2.14 bits per heavy atom. The van der Waals surface area contributed by atoms with Crippen LogP contribution in [0.25, 0.3) is 0 Å². The maximum Gasteiger partial charge on any atom is 0.318 e. The molecule has 11 heteroatoms. The molecule has 2 aliphatic heterocycles. The van der Waals surface area contributed by atoms with Crippen molar-refractivity contribution in [2.24, 2.45) is 5.92 Å². The van der Waals surface area contributed by atoms with Crippen molar-refractivity contribution in [1.29, 1.82) is 0 Å². The van der Waals surface area contributed by atoms with E-state index >= 15 is 0 Å². The van der Waals surface area contributed by atoms with Crippen LogP contribution in [0.2, 0.25) is 0 Å². The summed E-state index contributed by atoms with van der Waals surface area (Å²) >= 11 is 0. The summed E-state index contributed by atoms with van der Waals surface area (Å²) in [5.74, 6) is 1.64. The third-order valence-corrected chi connectivity index (χ3v) is 6.97. The SMILES string of the molecule is C=CC(O)Nc1ccc(Nc2n[nH]c3c2CN(C(=O)N[C@H](CN(C)C)C2CCOCC2)C3(C)C)nc1. The van der Waals surface area contributed by atoms with E-state index in [1.54, 1.807) is 18.3 Å². The van der Waals surface area contributed by atoms with E-state index in [2.05, 4.69) is 42.6 Å². The van der Waals surface area contributed by atoms with Gasteiger partial charge in [0.15, 0.2) is 5.82 Å². The lowest BCUT2D eigenvalue weighted by atomic mass is 9.91. The largest absolute Gasteiger partial charge is 0.381 e. The highest BCUT2D eigenvalue weighted by Gasteiger charge is 2.44. The van der Waals surface area contributed by atoms with Crippen molar-refractivity contribution in [2.75, 3.05) is 44.5 Å². The third-order valence-electron chi connectivity index (χ3n) is 6.97. The van der Waals surface area contributed by atoms with Gasteiger partial charge in [-0.3, -0.25) is 5.10 Å². The molecule has 0 aliphatic carbocycles. The number of carbonyl (C=O) groups is 1. The van der Waals surface area contributed by atoms with E-state index in [1.165, 1.54) is 6.08 Å². The summed E-state index contributed by atoms with van der Waals surface area (Å²) < 4.78 is 5.54. The van der Waals surface area contributed by atoms with Crippen molar-refractivity contribution in [3.63, 3.8) is 0 Å². The van der Waals surface area contributed by atoms with Gasteiger partial charge in [0.05, 0.1) is 29.7 Å². The van der Waals surface area contributed by atoms with Gasteiger partial charge in [0.1, 0.15) is 12.0 Å². The van der Waals surface area contributed by atoms with Crippen LogP contribution in [0.5, 0.6) is 0 Å². The molecule has 0 spiro atoms. The molecular weight excluding hydrogens is 460 g/mol. The molecule has 5 N–H and O–H groups in total. The Balaban J connectivity index is 1.45. The van der Waals surface area contributed by atoms with E-state index in [9.17, 15) is 9.90 Å². The molecule has 196 valence electrons. The first-order chi connectivity index (χ1) is 17.2. The molecule has 4 rings (SSSR count). The number of hydrogen-bond acceptors (Lipinski definition) is 8. The second-order valence-electron chi connectivity index (χ2n) is 10.2. The summed E-state index contributed by atoms with van der Waals surface area (Å²) in [4.78, 5) is 21.9. The monoisotopic (exact) mass is 498 g/mol. The highest BCUT2D eigenvalue weighted by atomic mass is 16.5. The molecule has 4 heterocycles. The number of aromatic amines is 1. The van der Waals surface area contributed by atoms with E-state index in [4.69, 9.17) is 4.74 Å². The lowest BCUT2D eigenvalue weighted by Gasteiger charge is -2.37. The number of fused-ring (bicyclic) bond motifs is 1. The molecule has 2 aliphatic rings. The van der Waals surface area contributed by atoms with Crippen LogP contribution in [0.4, 0.5) is 22.1 Å². The number of carbonyl (C=O) groups excluding carboxylic acids is 1. The van der Waals surface area contributed by atoms with Crippen LogP contribution in [-0.2, 0) is 16.8 Å². The second-order valence-corrected chi connectivity index (χ2v) is 10.2. The summed E-state index contributed by atoms with van der Waals surface area (Å²) in [5, 5.41) is 26.7. The average molecular weight is 499 g/mol. The maximum absolute atomic E-state index is 13.5. The molecule has 1 fully saturated rings. The summed E-state index contributed by atoms with van der Waals surface area (Å²) in [5.41, 5.74) is 1.97. The number of aliphatic hydroxyl groups is 1. The number of nitrogens with one attached hydrogen (secondary N) is 4. The molecule has 2 aromatic heterocycles. The van der Waals surface area contributed by atoms with Crippen molar-refractivity contribution in [3.05, 3.63) is 42.2 Å². The Morgan fingerprint density at radius 1 is 1.39 bits per heavy atom. The molecule has 0 saturated carbocycles. The number of H-pyrrole nitrogens is 1. The fourth-order valence-electron chi connectivity index (χ4n) is 4.91. The summed E-state index contributed by atoms with van der Waals surface area (Å²) in [6.07, 6.45) is 4.07. The molecule has 11 nitrogen and oxygen atoms in total. The molecule has 2 amide bonds. The fraction of sp³-hybridized carbons (Fsp3) is 0.560. The van der Waals surface area contributed by atoms with Gasteiger partial charge in [-0.15, -0.1) is 0 Å². The van der Waals surface area contributed by atoms with Crippen LogP contribution in [0.3, 0.4) is 0 Å². The number of aromatic nitrogens is 3. The predicted molar refractivity (Wildman–Crippen MR) is 139 cm³/mol. The zero-order valence-corrected chi connectivity index (χ0v) is 21.5. The number of ether oxygens (including phenoxy) is 1. The Kier molecular flexibility index (Phi) is 7.82. The number of pyridine rings is 1. The normalized spacial score (nSPS) is 19.0. The van der Waals surface area contributed by atoms with E-state index in [1.807, 2.05) is 32.8 Å². The van der Waals surface area contributed by atoms with Crippen molar-refractivity contribution in [2.45, 2.75) is 51.0 Å². The number of rotatable bonds is 9. The van der Waals surface area contributed by atoms with Crippen LogP contribution in [0, 0.1) is 5.92 Å². The zero-order valence-electron chi connectivity index (χ0n) is 21.5. The van der Waals surface area contributed by atoms with E-state index < -0.39 is 11.8 Å². The number of likely N-dealkylation sites (N-methyl/N-ethyl adjacent to an activating group) is 1. The van der Waals surface area contributed by atoms with Gasteiger partial charge in [0, 0.05) is 31.4 Å². The van der Waals surface area contributed by atoms with E-state index in [0.717, 1.165) is 43.9 Å². The van der Waals surface area contributed by atoms with Crippen LogP contribution in [-0.4, -0.2) is 82.2 Å². The number of anilines is 3. The smallest absolute Gasteiger partial charge is 0.318 e. The highest BCUT2D eigenvalue weighted by Crippen LogP contribution is 2.41. The van der Waals surface area contributed by atoms with Crippen molar-refractivity contribution >= 4 is 23.4 Å². The van der Waals surface area contributed by atoms with Crippen LogP contribution >= 0.6 is 0 Å². The molecule has 0 aromatic carbocycles. The van der Waals surface area contributed by atoms with Crippen molar-refractivity contribution in [1.82, 2.24) is 30.3 Å². The van der Waals surface area contributed by atoms with Crippen LogP contribution < -0.4 is 16.0 Å². The third kappa shape index (κ3) is 5.63. The Morgan fingerprint density at radius 3 is 2.78 bits per heavy atom. The van der Waals surface area contributed by atoms with Gasteiger partial charge in [-0.25, -0.2) is 9.78 Å². The molecule has 1 unspecified atom stereocenters. The van der Waals surface area contributed by atoms with E-state index in [-0.39, 0.29) is 12.1 Å². The van der Waals surface area contributed by atoms with Gasteiger partial charge < -0.3 is 35.6 Å². The molecule has 2 aromatic rings. The van der Waals surface area contributed by atoms with Gasteiger partial charge >= 0.3 is 6.03 Å². The predicted octanol–water partition coefficient (Wildman–Crippen LogP) is 2.58. The minimum atomic E-state index is -0.844. The van der Waals surface area contributed by atoms with Gasteiger partial charge in [-0.2, -0.15) is 5.10 Å². The Hall–Kier alpha value is -3.15. The minimum absolute atomic E-state index is 0.0535. The Bertz CT molecular complexity index is 1050. The van der Waals surface area contributed by atoms with Gasteiger partial charge in [0.25, 0.3) is 0 Å². The maximum atomic E-state index is 13.5. The number of nitrogens with zero attached hydrogens (tertiary/aromatic N) is 4. The number of hydrogen-bond donors (Lipinski definition) is 5. The van der Waals surface area contributed by atoms with Gasteiger partial charge in [0.2, 0.25) is 0 Å². The second kappa shape index (κ2) is 10.9. The van der Waals surface area contributed by atoms with Gasteiger partial charge in [-0.1, -0.05) is 6.58 Å². The molecular formula is C25H38N8O3. The molecule has 36 heavy (non-hydrogen) atoms. The summed E-state index contributed by atoms with van der Waals surface area (Å²) in [6.45, 7) is 10.3. The van der Waals surface area contributed by atoms with Crippen molar-refractivity contribution < 1.29 is 14.6 Å². The van der Waals surface area contributed by atoms with Crippen LogP contribution in [0.1, 0.15) is 37.9 Å². The van der Waals surface area contributed by atoms with Crippen LogP contribution in [0.15, 0.2) is 31.0 Å². The summed E-state index contributed by atoms with van der Waals surface area (Å²) in [6, 6.07) is 3.57. The molecule has 0 radical (unpaired) electrons. The number of urea groups is 1. The molecule has 0 bridgehead atoms. The first kappa shape index (κ1) is 25.9. The number of amides is 2.